The highest BCUT2D eigenvalue weighted by atomic mass is 16.5. The lowest BCUT2D eigenvalue weighted by Gasteiger charge is -2.10. The van der Waals surface area contributed by atoms with E-state index in [1.807, 2.05) is 12.1 Å². The van der Waals surface area contributed by atoms with Crippen LogP contribution in [0.25, 0.3) is 0 Å². The number of carbonyl (C=O) groups is 1. The number of nitrogens with one attached hydrogen (secondary N) is 2. The molecule has 0 aliphatic carbocycles. The van der Waals surface area contributed by atoms with Crippen LogP contribution in [0.5, 0.6) is 0 Å². The van der Waals surface area contributed by atoms with Crippen LogP contribution in [0.15, 0.2) is 18.3 Å². The lowest BCUT2D eigenvalue weighted by molar-refractivity contribution is -0.124. The first-order chi connectivity index (χ1) is 7.79. The number of anilines is 2. The molecule has 5 nitrogen and oxygen atoms in total. The second-order valence-corrected chi connectivity index (χ2v) is 3.67. The fourth-order valence-corrected chi connectivity index (χ4v) is 1.62. The van der Waals surface area contributed by atoms with Gasteiger partial charge < -0.3 is 15.4 Å². The van der Waals surface area contributed by atoms with Crippen LogP contribution >= 0.6 is 0 Å². The van der Waals surface area contributed by atoms with Crippen molar-refractivity contribution >= 4 is 17.4 Å². The predicted octanol–water partition coefficient (Wildman–Crippen LogP) is 1.24. The van der Waals surface area contributed by atoms with Gasteiger partial charge in [0.2, 0.25) is 0 Å². The smallest absolute Gasteiger partial charge is 0.253 e. The van der Waals surface area contributed by atoms with Gasteiger partial charge in [-0.15, -0.1) is 0 Å². The first-order valence-corrected chi connectivity index (χ1v) is 5.36. The third-order valence-electron chi connectivity index (χ3n) is 2.51. The van der Waals surface area contributed by atoms with E-state index in [-0.39, 0.29) is 12.0 Å². The van der Waals surface area contributed by atoms with Crippen LogP contribution in [0.3, 0.4) is 0 Å². The Morgan fingerprint density at radius 1 is 1.56 bits per heavy atom. The minimum absolute atomic E-state index is 0.0866. The van der Waals surface area contributed by atoms with Gasteiger partial charge in [0, 0.05) is 13.7 Å². The number of amides is 1. The molecular formula is C11H15N3O2. The van der Waals surface area contributed by atoms with Crippen LogP contribution in [0.1, 0.15) is 12.8 Å². The molecule has 0 saturated carbocycles. The van der Waals surface area contributed by atoms with Gasteiger partial charge in [0.15, 0.2) is 0 Å². The van der Waals surface area contributed by atoms with Crippen molar-refractivity contribution in [3.8, 4) is 0 Å². The Balaban J connectivity index is 1.94. The van der Waals surface area contributed by atoms with Gasteiger partial charge in [-0.25, -0.2) is 4.98 Å². The Morgan fingerprint density at radius 2 is 2.44 bits per heavy atom. The minimum atomic E-state index is -0.302. The first kappa shape index (κ1) is 10.9. The molecule has 0 bridgehead atoms. The van der Waals surface area contributed by atoms with Crippen LogP contribution in [0, 0.1) is 0 Å². The summed E-state index contributed by atoms with van der Waals surface area (Å²) < 4.78 is 5.29. The van der Waals surface area contributed by atoms with Crippen molar-refractivity contribution < 1.29 is 9.53 Å². The fraction of sp³-hybridized carbons (Fsp3) is 0.455. The fourth-order valence-electron chi connectivity index (χ4n) is 1.62. The topological polar surface area (TPSA) is 63.2 Å². The van der Waals surface area contributed by atoms with E-state index in [9.17, 15) is 4.79 Å². The molecule has 1 amide bonds. The molecule has 0 spiro atoms. The molecule has 1 aromatic rings. The summed E-state index contributed by atoms with van der Waals surface area (Å²) in [5.41, 5.74) is 0.694. The van der Waals surface area contributed by atoms with Crippen LogP contribution < -0.4 is 10.6 Å². The summed E-state index contributed by atoms with van der Waals surface area (Å²) >= 11 is 0. The van der Waals surface area contributed by atoms with Crippen LogP contribution in [-0.4, -0.2) is 30.6 Å². The van der Waals surface area contributed by atoms with Gasteiger partial charge in [0.05, 0.1) is 11.9 Å². The zero-order valence-corrected chi connectivity index (χ0v) is 9.19. The molecular weight excluding hydrogens is 206 g/mol. The molecule has 1 fully saturated rings. The van der Waals surface area contributed by atoms with Crippen molar-refractivity contribution in [1.29, 1.82) is 0 Å². The molecule has 0 aromatic carbocycles. The minimum Gasteiger partial charge on any atom is -0.373 e. The van der Waals surface area contributed by atoms with Crippen LogP contribution in [0.2, 0.25) is 0 Å². The maximum Gasteiger partial charge on any atom is 0.253 e. The van der Waals surface area contributed by atoms with Gasteiger partial charge in [-0.1, -0.05) is 0 Å². The summed E-state index contributed by atoms with van der Waals surface area (Å²) in [6.45, 7) is 0.676. The summed E-state index contributed by atoms with van der Waals surface area (Å²) in [6, 6.07) is 3.62. The van der Waals surface area contributed by atoms with Crippen molar-refractivity contribution in [2.75, 3.05) is 24.3 Å². The molecule has 0 radical (unpaired) electrons. The quantitative estimate of drug-likeness (QED) is 0.806. The summed E-state index contributed by atoms with van der Waals surface area (Å²) in [5, 5.41) is 5.70. The lowest BCUT2D eigenvalue weighted by Crippen LogP contribution is -2.26. The standard InChI is InChI=1S/C11H15N3O2/c1-12-10-5-4-8(7-13-10)14-11(15)9-3-2-6-16-9/h4-5,7,9H,2-3,6H2,1H3,(H,12,13)(H,14,15)/t9-/m1/s1. The summed E-state index contributed by atoms with van der Waals surface area (Å²) in [4.78, 5) is 15.8. The Hall–Kier alpha value is -1.62. The average Bonchev–Trinajstić information content (AvgIpc) is 2.83. The van der Waals surface area contributed by atoms with E-state index in [1.165, 1.54) is 0 Å². The Bertz CT molecular complexity index is 358. The number of pyridine rings is 1. The molecule has 1 aliphatic heterocycles. The van der Waals surface area contributed by atoms with E-state index in [2.05, 4.69) is 15.6 Å². The van der Waals surface area contributed by atoms with Crippen molar-refractivity contribution in [3.63, 3.8) is 0 Å². The highest BCUT2D eigenvalue weighted by Gasteiger charge is 2.23. The molecule has 0 unspecified atom stereocenters. The maximum absolute atomic E-state index is 11.7. The second kappa shape index (κ2) is 4.94. The first-order valence-electron chi connectivity index (χ1n) is 5.36. The molecule has 16 heavy (non-hydrogen) atoms. The number of aromatic nitrogens is 1. The number of carbonyl (C=O) groups excluding carboxylic acids is 1. The van der Waals surface area contributed by atoms with Crippen LogP contribution in [-0.2, 0) is 9.53 Å². The monoisotopic (exact) mass is 221 g/mol. The third kappa shape index (κ3) is 2.49. The highest BCUT2D eigenvalue weighted by molar-refractivity contribution is 5.94. The molecule has 1 saturated heterocycles. The highest BCUT2D eigenvalue weighted by Crippen LogP contribution is 2.15. The Kier molecular flexibility index (Phi) is 3.36. The third-order valence-corrected chi connectivity index (χ3v) is 2.51. The molecule has 1 atom stereocenters. The van der Waals surface area contributed by atoms with Crippen molar-refractivity contribution in [2.24, 2.45) is 0 Å². The van der Waals surface area contributed by atoms with E-state index < -0.39 is 0 Å². The van der Waals surface area contributed by atoms with E-state index in [0.29, 0.717) is 12.3 Å². The van der Waals surface area contributed by atoms with Gasteiger partial charge in [0.1, 0.15) is 11.9 Å². The largest absolute Gasteiger partial charge is 0.373 e. The SMILES string of the molecule is CNc1ccc(NC(=O)[C@H]2CCCO2)cn1. The van der Waals surface area contributed by atoms with Gasteiger partial charge in [-0.3, -0.25) is 4.79 Å². The Morgan fingerprint density at radius 3 is 3.00 bits per heavy atom. The van der Waals surface area contributed by atoms with Crippen molar-refractivity contribution in [1.82, 2.24) is 4.98 Å². The Labute approximate surface area is 94.2 Å². The molecule has 1 aromatic heterocycles. The predicted molar refractivity (Wildman–Crippen MR) is 61.4 cm³/mol. The number of hydrogen-bond donors (Lipinski definition) is 2. The number of rotatable bonds is 3. The number of ether oxygens (including phenoxy) is 1. The summed E-state index contributed by atoms with van der Waals surface area (Å²) in [7, 11) is 1.80. The molecule has 5 heteroatoms. The normalized spacial score (nSPS) is 19.4. The van der Waals surface area contributed by atoms with Gasteiger partial charge in [0.25, 0.3) is 5.91 Å². The van der Waals surface area contributed by atoms with Crippen molar-refractivity contribution in [3.05, 3.63) is 18.3 Å². The van der Waals surface area contributed by atoms with E-state index in [1.54, 1.807) is 13.2 Å². The molecule has 2 heterocycles. The molecule has 1 aliphatic rings. The number of hydrogen-bond acceptors (Lipinski definition) is 4. The number of nitrogens with zero attached hydrogens (tertiary/aromatic N) is 1. The van der Waals surface area contributed by atoms with Gasteiger partial charge in [-0.2, -0.15) is 0 Å². The average molecular weight is 221 g/mol. The van der Waals surface area contributed by atoms with Crippen LogP contribution in [0.4, 0.5) is 11.5 Å². The van der Waals surface area contributed by atoms with E-state index in [4.69, 9.17) is 4.74 Å². The van der Waals surface area contributed by atoms with E-state index in [0.717, 1.165) is 18.7 Å². The lowest BCUT2D eigenvalue weighted by atomic mass is 10.2. The molecule has 86 valence electrons. The van der Waals surface area contributed by atoms with Crippen molar-refractivity contribution in [2.45, 2.75) is 18.9 Å². The molecule has 2 rings (SSSR count). The zero-order valence-electron chi connectivity index (χ0n) is 9.19. The zero-order chi connectivity index (χ0) is 11.4. The second-order valence-electron chi connectivity index (χ2n) is 3.67. The van der Waals surface area contributed by atoms with E-state index >= 15 is 0 Å². The summed E-state index contributed by atoms with van der Waals surface area (Å²) in [6.07, 6.45) is 3.07. The van der Waals surface area contributed by atoms with Gasteiger partial charge >= 0.3 is 0 Å². The summed E-state index contributed by atoms with van der Waals surface area (Å²) in [5.74, 6) is 0.687. The molecule has 2 N–H and O–H groups in total. The maximum atomic E-state index is 11.7. The van der Waals surface area contributed by atoms with Gasteiger partial charge in [-0.05, 0) is 25.0 Å².